The van der Waals surface area contributed by atoms with E-state index in [1.54, 1.807) is 29.7 Å². The summed E-state index contributed by atoms with van der Waals surface area (Å²) in [4.78, 5) is 25.6. The van der Waals surface area contributed by atoms with Crippen molar-refractivity contribution in [2.45, 2.75) is 13.1 Å². The number of hydrogen-bond acceptors (Lipinski definition) is 7. The lowest BCUT2D eigenvalue weighted by molar-refractivity contribution is -0.137. The highest BCUT2D eigenvalue weighted by Gasteiger charge is 2.31. The van der Waals surface area contributed by atoms with Crippen LogP contribution in [0, 0.1) is 0 Å². The van der Waals surface area contributed by atoms with E-state index >= 15 is 0 Å². The van der Waals surface area contributed by atoms with Gasteiger partial charge in [-0.05, 0) is 55.0 Å². The summed E-state index contributed by atoms with van der Waals surface area (Å²) in [6.07, 6.45) is -0.185. The van der Waals surface area contributed by atoms with E-state index in [4.69, 9.17) is 16.3 Å². The standard InChI is InChI=1S/C23H18ClF3N6O2S/c1-2-28-22-31-12-19(36-22)13-3-6-16(7-4-13)35-21-29-10-15(11-30-21)32-20(34)33-18-9-14(23(25,26)27)5-8-17(18)24/h3-12H,2H2,1H3,(H,28,31)(H2,32,33,34). The predicted octanol–water partition coefficient (Wildman–Crippen LogP) is 7.14. The van der Waals surface area contributed by atoms with Crippen LogP contribution in [0.3, 0.4) is 0 Å². The molecule has 186 valence electrons. The molecule has 0 atom stereocenters. The summed E-state index contributed by atoms with van der Waals surface area (Å²) in [6, 6.07) is 9.16. The zero-order chi connectivity index (χ0) is 25.7. The number of nitrogens with zero attached hydrogens (tertiary/aromatic N) is 3. The lowest BCUT2D eigenvalue weighted by atomic mass is 10.2. The van der Waals surface area contributed by atoms with E-state index in [2.05, 4.69) is 30.9 Å². The van der Waals surface area contributed by atoms with Gasteiger partial charge in [0.05, 0.1) is 39.2 Å². The minimum absolute atomic E-state index is 0.0434. The summed E-state index contributed by atoms with van der Waals surface area (Å²) >= 11 is 7.44. The predicted molar refractivity (Wildman–Crippen MR) is 133 cm³/mol. The Morgan fingerprint density at radius 2 is 1.75 bits per heavy atom. The number of thiazole rings is 1. The van der Waals surface area contributed by atoms with Gasteiger partial charge in [-0.3, -0.25) is 0 Å². The van der Waals surface area contributed by atoms with E-state index in [0.29, 0.717) is 5.75 Å². The fourth-order valence-electron chi connectivity index (χ4n) is 2.95. The van der Waals surface area contributed by atoms with Crippen LogP contribution in [0.2, 0.25) is 5.02 Å². The minimum Gasteiger partial charge on any atom is -0.424 e. The number of nitrogens with one attached hydrogen (secondary N) is 3. The Balaban J connectivity index is 1.35. The van der Waals surface area contributed by atoms with Crippen molar-refractivity contribution in [1.82, 2.24) is 15.0 Å². The number of carbonyl (C=O) groups is 1. The van der Waals surface area contributed by atoms with Crippen LogP contribution in [0.4, 0.5) is 34.5 Å². The fraction of sp³-hybridized carbons (Fsp3) is 0.130. The molecular formula is C23H18ClF3N6O2S. The molecule has 4 rings (SSSR count). The van der Waals surface area contributed by atoms with Crippen LogP contribution in [-0.4, -0.2) is 27.5 Å². The highest BCUT2D eigenvalue weighted by molar-refractivity contribution is 7.18. The molecule has 0 fully saturated rings. The van der Waals surface area contributed by atoms with Crippen LogP contribution in [-0.2, 0) is 6.18 Å². The number of carbonyl (C=O) groups excluding carboxylic acids is 1. The molecule has 4 aromatic rings. The Hall–Kier alpha value is -3.90. The van der Waals surface area contributed by atoms with Crippen molar-refractivity contribution < 1.29 is 22.7 Å². The second-order valence-electron chi connectivity index (χ2n) is 7.21. The number of urea groups is 1. The van der Waals surface area contributed by atoms with Crippen LogP contribution >= 0.6 is 22.9 Å². The van der Waals surface area contributed by atoms with Crippen LogP contribution in [0.5, 0.6) is 11.8 Å². The molecule has 2 heterocycles. The first-order chi connectivity index (χ1) is 17.2. The molecule has 3 N–H and O–H groups in total. The molecule has 0 spiro atoms. The summed E-state index contributed by atoms with van der Waals surface area (Å²) in [5, 5.41) is 8.67. The number of hydrogen-bond donors (Lipinski definition) is 3. The SMILES string of the molecule is CCNc1ncc(-c2ccc(Oc3ncc(NC(=O)Nc4cc(C(F)(F)F)ccc4Cl)cn3)cc2)s1. The number of rotatable bonds is 7. The van der Waals surface area contributed by atoms with Gasteiger partial charge in [0.1, 0.15) is 5.75 Å². The van der Waals surface area contributed by atoms with Gasteiger partial charge in [0.2, 0.25) is 0 Å². The van der Waals surface area contributed by atoms with Gasteiger partial charge in [-0.15, -0.1) is 0 Å². The maximum atomic E-state index is 12.9. The quantitative estimate of drug-likeness (QED) is 0.233. The average molecular weight is 535 g/mol. The topological polar surface area (TPSA) is 101 Å². The number of amides is 2. The normalized spacial score (nSPS) is 11.1. The third-order valence-electron chi connectivity index (χ3n) is 4.61. The van der Waals surface area contributed by atoms with Gasteiger partial charge >= 0.3 is 18.2 Å². The van der Waals surface area contributed by atoms with E-state index in [-0.39, 0.29) is 22.4 Å². The van der Waals surface area contributed by atoms with Crippen LogP contribution in [0.15, 0.2) is 61.1 Å². The molecule has 8 nitrogen and oxygen atoms in total. The van der Waals surface area contributed by atoms with Gasteiger partial charge in [-0.25, -0.2) is 19.7 Å². The van der Waals surface area contributed by atoms with E-state index in [9.17, 15) is 18.0 Å². The highest BCUT2D eigenvalue weighted by atomic mass is 35.5. The molecule has 0 radical (unpaired) electrons. The Morgan fingerprint density at radius 1 is 1.03 bits per heavy atom. The largest absolute Gasteiger partial charge is 0.424 e. The van der Waals surface area contributed by atoms with E-state index < -0.39 is 17.8 Å². The number of benzene rings is 2. The van der Waals surface area contributed by atoms with E-state index in [1.807, 2.05) is 19.1 Å². The zero-order valence-electron chi connectivity index (χ0n) is 18.6. The molecule has 2 aromatic heterocycles. The molecular weight excluding hydrogens is 517 g/mol. The number of ether oxygens (including phenoxy) is 1. The summed E-state index contributed by atoms with van der Waals surface area (Å²) in [6.45, 7) is 2.80. The molecule has 0 saturated carbocycles. The third-order valence-corrected chi connectivity index (χ3v) is 5.94. The lowest BCUT2D eigenvalue weighted by Crippen LogP contribution is -2.20. The molecule has 2 aromatic carbocycles. The van der Waals surface area contributed by atoms with E-state index in [1.165, 1.54) is 12.4 Å². The zero-order valence-corrected chi connectivity index (χ0v) is 20.1. The maximum Gasteiger partial charge on any atom is 0.416 e. The molecule has 0 unspecified atom stereocenters. The molecule has 2 amide bonds. The van der Waals surface area contributed by atoms with Gasteiger partial charge in [-0.2, -0.15) is 13.2 Å². The summed E-state index contributed by atoms with van der Waals surface area (Å²) in [7, 11) is 0. The molecule has 0 saturated heterocycles. The van der Waals surface area contributed by atoms with Gasteiger partial charge in [0.15, 0.2) is 5.13 Å². The molecule has 0 aliphatic rings. The second kappa shape index (κ2) is 10.8. The lowest BCUT2D eigenvalue weighted by Gasteiger charge is -2.12. The number of alkyl halides is 3. The first-order valence-corrected chi connectivity index (χ1v) is 11.7. The van der Waals surface area contributed by atoms with Crippen LogP contribution in [0.25, 0.3) is 10.4 Å². The molecule has 36 heavy (non-hydrogen) atoms. The van der Waals surface area contributed by atoms with Crippen molar-refractivity contribution in [1.29, 1.82) is 0 Å². The summed E-state index contributed by atoms with van der Waals surface area (Å²) in [5.41, 5.74) is 0.0474. The smallest absolute Gasteiger partial charge is 0.416 e. The van der Waals surface area contributed by atoms with Crippen molar-refractivity contribution in [2.24, 2.45) is 0 Å². The van der Waals surface area contributed by atoms with Crippen molar-refractivity contribution in [3.05, 3.63) is 71.6 Å². The Bertz CT molecular complexity index is 1350. The van der Waals surface area contributed by atoms with Gasteiger partial charge in [0.25, 0.3) is 0 Å². The highest BCUT2D eigenvalue weighted by Crippen LogP contribution is 2.34. The maximum absolute atomic E-state index is 12.9. The van der Waals surface area contributed by atoms with Crippen molar-refractivity contribution in [2.75, 3.05) is 22.5 Å². The molecule has 13 heteroatoms. The first-order valence-electron chi connectivity index (χ1n) is 10.5. The van der Waals surface area contributed by atoms with Crippen LogP contribution in [0.1, 0.15) is 12.5 Å². The van der Waals surface area contributed by atoms with Gasteiger partial charge < -0.3 is 20.7 Å². The van der Waals surface area contributed by atoms with E-state index in [0.717, 1.165) is 40.3 Å². The van der Waals surface area contributed by atoms with Crippen molar-refractivity contribution >= 4 is 45.5 Å². The summed E-state index contributed by atoms with van der Waals surface area (Å²) < 4.78 is 44.3. The molecule has 0 bridgehead atoms. The average Bonchev–Trinajstić information content (AvgIpc) is 3.30. The molecule has 0 aliphatic carbocycles. The second-order valence-corrected chi connectivity index (χ2v) is 8.65. The Morgan fingerprint density at radius 3 is 2.42 bits per heavy atom. The minimum atomic E-state index is -4.57. The summed E-state index contributed by atoms with van der Waals surface area (Å²) in [5.74, 6) is 0.507. The third kappa shape index (κ3) is 6.40. The Kier molecular flexibility index (Phi) is 7.55. The number of aromatic nitrogens is 3. The van der Waals surface area contributed by atoms with Crippen molar-refractivity contribution in [3.63, 3.8) is 0 Å². The number of anilines is 3. The fourth-order valence-corrected chi connectivity index (χ4v) is 4.00. The van der Waals surface area contributed by atoms with Gasteiger partial charge in [-0.1, -0.05) is 22.9 Å². The molecule has 0 aliphatic heterocycles. The van der Waals surface area contributed by atoms with Gasteiger partial charge in [0, 0.05) is 12.7 Å². The van der Waals surface area contributed by atoms with Crippen LogP contribution < -0.4 is 20.7 Å². The first kappa shape index (κ1) is 25.2. The number of halogens is 4. The monoisotopic (exact) mass is 534 g/mol. The Labute approximate surface area is 212 Å². The van der Waals surface area contributed by atoms with Crippen molar-refractivity contribution in [3.8, 4) is 22.2 Å².